The van der Waals surface area contributed by atoms with Gasteiger partial charge in [0.1, 0.15) is 13.2 Å². The molecule has 0 aromatic rings. The van der Waals surface area contributed by atoms with E-state index in [-0.39, 0.29) is 38.0 Å². The third kappa shape index (κ3) is 57.8. The molecule has 1 atom stereocenters. The van der Waals surface area contributed by atoms with Gasteiger partial charge in [-0.3, -0.25) is 14.4 Å². The zero-order valence-electron chi connectivity index (χ0n) is 46.6. The molecule has 0 bridgehead atoms. The van der Waals surface area contributed by atoms with Gasteiger partial charge < -0.3 is 14.2 Å². The highest BCUT2D eigenvalue weighted by molar-refractivity contribution is 5.71. The molecule has 0 aromatic heterocycles. The summed E-state index contributed by atoms with van der Waals surface area (Å²) in [5.74, 6) is -1.12. The number of hydrogen-bond acceptors (Lipinski definition) is 6. The van der Waals surface area contributed by atoms with Crippen molar-refractivity contribution in [1.82, 2.24) is 0 Å². The Morgan fingerprint density at radius 2 is 0.575 bits per heavy atom. The van der Waals surface area contributed by atoms with E-state index in [4.69, 9.17) is 14.2 Å². The molecule has 0 aromatic carbocycles. The molecule has 0 aliphatic heterocycles. The van der Waals surface area contributed by atoms with Crippen LogP contribution >= 0.6 is 0 Å². The summed E-state index contributed by atoms with van der Waals surface area (Å²) in [6, 6.07) is 0. The Hall–Kier alpha value is -4.97. The summed E-state index contributed by atoms with van der Waals surface area (Å²) in [7, 11) is 0. The van der Waals surface area contributed by atoms with Crippen LogP contribution in [0.1, 0.15) is 226 Å². The lowest BCUT2D eigenvalue weighted by Gasteiger charge is -2.18. The zero-order valence-corrected chi connectivity index (χ0v) is 46.6. The third-order valence-electron chi connectivity index (χ3n) is 11.5. The van der Waals surface area contributed by atoms with Gasteiger partial charge in [-0.05, 0) is 135 Å². The van der Waals surface area contributed by atoms with Crippen LogP contribution in [0.3, 0.4) is 0 Å². The van der Waals surface area contributed by atoms with Gasteiger partial charge in [0.2, 0.25) is 0 Å². The van der Waals surface area contributed by atoms with Crippen molar-refractivity contribution in [2.45, 2.75) is 232 Å². The average Bonchev–Trinajstić information content (AvgIpc) is 3.39. The molecule has 0 rings (SSSR count). The molecule has 0 amide bonds. The minimum atomic E-state index is -0.857. The molecule has 0 heterocycles. The summed E-state index contributed by atoms with van der Waals surface area (Å²) in [6.07, 6.45) is 86.8. The Morgan fingerprint density at radius 1 is 0.288 bits per heavy atom. The maximum atomic E-state index is 12.8. The molecule has 0 radical (unpaired) electrons. The number of esters is 3. The number of rotatable bonds is 50. The molecule has 0 aliphatic carbocycles. The fraction of sp³-hybridized carbons (Fsp3) is 0.567. The predicted octanol–water partition coefficient (Wildman–Crippen LogP) is 19.8. The minimum absolute atomic E-state index is 0.145. The van der Waals surface area contributed by atoms with Crippen molar-refractivity contribution in [3.8, 4) is 0 Å². The second-order valence-corrected chi connectivity index (χ2v) is 18.5. The number of hydrogen-bond donors (Lipinski definition) is 0. The molecular formula is C67H104O6. The number of carbonyl (C=O) groups excluding carboxylic acids is 3. The van der Waals surface area contributed by atoms with Gasteiger partial charge in [-0.1, -0.05) is 230 Å². The van der Waals surface area contributed by atoms with Gasteiger partial charge in [0.15, 0.2) is 6.10 Å². The maximum absolute atomic E-state index is 12.8. The Balaban J connectivity index is 4.66. The van der Waals surface area contributed by atoms with Crippen molar-refractivity contribution in [2.24, 2.45) is 0 Å². The van der Waals surface area contributed by atoms with Crippen LogP contribution in [0.2, 0.25) is 0 Å². The molecule has 0 saturated heterocycles. The summed E-state index contributed by atoms with van der Waals surface area (Å²) in [6.45, 7) is 6.34. The molecule has 6 heteroatoms. The largest absolute Gasteiger partial charge is 0.462 e. The predicted molar refractivity (Wildman–Crippen MR) is 315 cm³/mol. The third-order valence-corrected chi connectivity index (χ3v) is 11.5. The van der Waals surface area contributed by atoms with Crippen molar-refractivity contribution < 1.29 is 28.6 Å². The average molecular weight is 1010 g/mol. The van der Waals surface area contributed by atoms with E-state index in [9.17, 15) is 14.4 Å². The van der Waals surface area contributed by atoms with E-state index in [0.717, 1.165) is 103 Å². The standard InChI is InChI=1S/C67H104O6/c1-4-7-10-13-16-19-22-25-28-31-33-36-38-41-44-47-50-53-56-59-65(68)71-62-64(73-67(70)61-58-55-52-49-46-43-40-35-30-27-24-21-18-15-12-9-6-3)63-72-66(69)60-57-54-51-48-45-42-39-37-34-32-29-26-23-20-17-14-11-8-5-2/h7,10,16-17,19-20,25-30,33-34,36-37,40-45,49-50,52-53,64H,4-6,8-9,11-15,18,21-24,31-32,35,38-39,46-48,51,54-63H2,1-3H3/b10-7-,19-16-,20-17-,28-25-,29-26-,30-27-,36-33-,37-34-,43-40-,44-41-,45-42-,52-49-,53-50-/t64-/m1/s1. The molecule has 0 saturated carbocycles. The van der Waals surface area contributed by atoms with Crippen LogP contribution in [0, 0.1) is 0 Å². The van der Waals surface area contributed by atoms with Gasteiger partial charge in [-0.25, -0.2) is 0 Å². The van der Waals surface area contributed by atoms with Crippen molar-refractivity contribution in [3.63, 3.8) is 0 Å². The fourth-order valence-electron chi connectivity index (χ4n) is 7.17. The van der Waals surface area contributed by atoms with Crippen LogP contribution in [0.15, 0.2) is 158 Å². The minimum Gasteiger partial charge on any atom is -0.462 e. The van der Waals surface area contributed by atoms with E-state index < -0.39 is 12.1 Å². The maximum Gasteiger partial charge on any atom is 0.306 e. The topological polar surface area (TPSA) is 78.9 Å². The first-order chi connectivity index (χ1) is 36.0. The first-order valence-electron chi connectivity index (χ1n) is 29.0. The molecule has 0 aliphatic rings. The van der Waals surface area contributed by atoms with E-state index >= 15 is 0 Å². The second kappa shape index (κ2) is 59.6. The molecule has 73 heavy (non-hydrogen) atoms. The molecule has 0 N–H and O–H groups in total. The fourth-order valence-corrected chi connectivity index (χ4v) is 7.17. The van der Waals surface area contributed by atoms with Crippen LogP contribution in [0.25, 0.3) is 0 Å². The Labute approximate surface area is 448 Å². The summed E-state index contributed by atoms with van der Waals surface area (Å²) >= 11 is 0. The smallest absolute Gasteiger partial charge is 0.306 e. The monoisotopic (exact) mass is 1000 g/mol. The summed E-state index contributed by atoms with van der Waals surface area (Å²) in [4.78, 5) is 38.1. The first-order valence-corrected chi connectivity index (χ1v) is 29.0. The lowest BCUT2D eigenvalue weighted by atomic mass is 10.1. The van der Waals surface area contributed by atoms with Crippen LogP contribution in [0.5, 0.6) is 0 Å². The summed E-state index contributed by atoms with van der Waals surface area (Å²) in [5.41, 5.74) is 0. The van der Waals surface area contributed by atoms with E-state index in [1.807, 2.05) is 12.2 Å². The first kappa shape index (κ1) is 68.0. The van der Waals surface area contributed by atoms with E-state index in [1.165, 1.54) is 70.6 Å². The van der Waals surface area contributed by atoms with Crippen LogP contribution < -0.4 is 0 Å². The highest BCUT2D eigenvalue weighted by atomic mass is 16.6. The molecule has 0 fully saturated rings. The van der Waals surface area contributed by atoms with Crippen LogP contribution in [-0.2, 0) is 28.6 Å². The van der Waals surface area contributed by atoms with Gasteiger partial charge in [-0.15, -0.1) is 0 Å². The Morgan fingerprint density at radius 3 is 0.986 bits per heavy atom. The van der Waals surface area contributed by atoms with Crippen molar-refractivity contribution in [1.29, 1.82) is 0 Å². The van der Waals surface area contributed by atoms with Gasteiger partial charge >= 0.3 is 17.9 Å². The lowest BCUT2D eigenvalue weighted by Crippen LogP contribution is -2.30. The molecule has 408 valence electrons. The highest BCUT2D eigenvalue weighted by Crippen LogP contribution is 2.11. The van der Waals surface area contributed by atoms with Gasteiger partial charge in [0.25, 0.3) is 0 Å². The number of unbranched alkanes of at least 4 members (excludes halogenated alkanes) is 13. The van der Waals surface area contributed by atoms with Crippen molar-refractivity contribution >= 4 is 17.9 Å². The van der Waals surface area contributed by atoms with Crippen molar-refractivity contribution in [2.75, 3.05) is 13.2 Å². The zero-order chi connectivity index (χ0) is 52.9. The molecular weight excluding hydrogens is 901 g/mol. The van der Waals surface area contributed by atoms with Gasteiger partial charge in [0.05, 0.1) is 0 Å². The van der Waals surface area contributed by atoms with Crippen molar-refractivity contribution in [3.05, 3.63) is 158 Å². The molecule has 6 nitrogen and oxygen atoms in total. The summed E-state index contributed by atoms with van der Waals surface area (Å²) in [5, 5.41) is 0. The summed E-state index contributed by atoms with van der Waals surface area (Å²) < 4.78 is 16.7. The normalized spacial score (nSPS) is 13.3. The Kier molecular flexibility index (Phi) is 55.5. The number of ether oxygens (including phenoxy) is 3. The van der Waals surface area contributed by atoms with E-state index in [0.29, 0.717) is 19.3 Å². The number of carbonyl (C=O) groups is 3. The Bertz CT molecular complexity index is 1670. The van der Waals surface area contributed by atoms with Crippen LogP contribution in [-0.4, -0.2) is 37.2 Å². The number of allylic oxidation sites excluding steroid dienone is 26. The van der Waals surface area contributed by atoms with Gasteiger partial charge in [0, 0.05) is 19.3 Å². The molecule has 0 spiro atoms. The van der Waals surface area contributed by atoms with Gasteiger partial charge in [-0.2, -0.15) is 0 Å². The van der Waals surface area contributed by atoms with E-state index in [2.05, 4.69) is 167 Å². The van der Waals surface area contributed by atoms with E-state index in [1.54, 1.807) is 0 Å². The highest BCUT2D eigenvalue weighted by Gasteiger charge is 2.19. The van der Waals surface area contributed by atoms with Crippen LogP contribution in [0.4, 0.5) is 0 Å². The second-order valence-electron chi connectivity index (χ2n) is 18.5. The quantitative estimate of drug-likeness (QED) is 0.0261. The SMILES string of the molecule is CC/C=C\C/C=C\C/C=C\C/C=C\C/C=C\C/C=C\CCC(=O)OC[C@H](COC(=O)CCCCC/C=C\C/C=C\C/C=C\C/C=C\CCCCC)OC(=O)CCC/C=C\C/C=C\C/C=C\CCCCCCCC. The molecule has 0 unspecified atom stereocenters. The lowest BCUT2D eigenvalue weighted by molar-refractivity contribution is -0.166.